The number of aromatic nitrogens is 6. The van der Waals surface area contributed by atoms with E-state index in [0.29, 0.717) is 69.2 Å². The van der Waals surface area contributed by atoms with Crippen LogP contribution in [0.4, 0.5) is 0 Å². The largest absolute Gasteiger partial charge is 0.481 e. The molecule has 3 saturated carbocycles. The summed E-state index contributed by atoms with van der Waals surface area (Å²) >= 11 is 0. The van der Waals surface area contributed by atoms with Crippen molar-refractivity contribution in [3.8, 4) is 0 Å². The lowest BCUT2D eigenvalue weighted by Crippen LogP contribution is -2.27. The van der Waals surface area contributed by atoms with Crippen LogP contribution in [0.5, 0.6) is 0 Å². The lowest BCUT2D eigenvalue weighted by atomic mass is 9.86. The summed E-state index contributed by atoms with van der Waals surface area (Å²) in [6.45, 7) is 4.97. The van der Waals surface area contributed by atoms with Gasteiger partial charge in [0, 0.05) is 25.7 Å². The second-order valence-electron chi connectivity index (χ2n) is 17.6. The van der Waals surface area contributed by atoms with E-state index in [1.54, 1.807) is 53.8 Å². The maximum atomic E-state index is 12.3. The minimum atomic E-state index is -0.732. The zero-order valence-corrected chi connectivity index (χ0v) is 41.3. The molecular formula is C54H72N6O13. The summed E-state index contributed by atoms with van der Waals surface area (Å²) in [7, 11) is 1.48. The van der Waals surface area contributed by atoms with E-state index in [9.17, 15) is 33.9 Å². The van der Waals surface area contributed by atoms with Crippen LogP contribution in [-0.2, 0) is 51.3 Å². The first kappa shape index (κ1) is 58.6. The Balaban J connectivity index is 0.000000220. The van der Waals surface area contributed by atoms with Crippen LogP contribution in [0.3, 0.4) is 0 Å². The van der Waals surface area contributed by atoms with E-state index in [-0.39, 0.29) is 79.6 Å². The predicted octanol–water partition coefficient (Wildman–Crippen LogP) is 8.57. The SMILES string of the molecule is C.CCOC(=O)c1ccnn1C1CCC(C(=O)O)CC1.CCOC(=O)c1ccnn1C1CCC(C(=O)OCc2ccccc2)CC1.COCC(=O)c1ccn[nH]1.O=C(OCc1ccccc1)C1CCC(O)CC1. The highest BCUT2D eigenvalue weighted by atomic mass is 16.5. The zero-order chi connectivity index (χ0) is 51.7. The van der Waals surface area contributed by atoms with Gasteiger partial charge in [0.25, 0.3) is 0 Å². The van der Waals surface area contributed by atoms with Crippen LogP contribution in [-0.4, -0.2) is 109 Å². The molecule has 0 bridgehead atoms. The smallest absolute Gasteiger partial charge is 0.356 e. The Morgan fingerprint density at radius 1 is 0.575 bits per heavy atom. The van der Waals surface area contributed by atoms with Crippen molar-refractivity contribution in [2.75, 3.05) is 26.9 Å². The Bertz CT molecular complexity index is 2400. The van der Waals surface area contributed by atoms with Gasteiger partial charge in [0.2, 0.25) is 5.78 Å². The topological polar surface area (TPSA) is 253 Å². The average molecular weight is 1010 g/mol. The number of esters is 4. The second kappa shape index (κ2) is 31.5. The fourth-order valence-corrected chi connectivity index (χ4v) is 8.69. The number of aliphatic carboxylic acids is 1. The molecule has 0 atom stereocenters. The molecule has 0 spiro atoms. The molecule has 3 heterocycles. The van der Waals surface area contributed by atoms with Crippen LogP contribution >= 0.6 is 0 Å². The van der Waals surface area contributed by atoms with Crippen LogP contribution in [0.2, 0.25) is 0 Å². The van der Waals surface area contributed by atoms with Crippen molar-refractivity contribution in [2.45, 2.75) is 130 Å². The number of carboxylic acids is 1. The van der Waals surface area contributed by atoms with Gasteiger partial charge in [0.15, 0.2) is 0 Å². The summed E-state index contributed by atoms with van der Waals surface area (Å²) in [5, 5.41) is 33.0. The number of methoxy groups -OCH3 is 1. The number of nitrogens with zero attached hydrogens (tertiary/aromatic N) is 5. The standard InChI is InChI=1S/C20H24N2O4.C14H18O3.C13H18N2O4.C6H8N2O2.CH4/c1-2-25-20(24)18-12-13-21-22(18)17-10-8-16(9-11-17)19(23)26-14-15-6-4-3-5-7-15;15-13-8-6-12(7-9-13)14(16)17-10-11-4-2-1-3-5-11;1-2-19-13(18)11-7-8-14-15(11)10-5-3-9(4-6-10)12(16)17;1-10-4-6(9)5-2-3-7-8-5;/h3-7,12-13,16-17H,2,8-11,14H2,1H3;1-5,12-13,15H,6-10H2;7-10H,2-6H2,1H3,(H,16,17);2-3H,4H2,1H3,(H,7,8);1H4. The van der Waals surface area contributed by atoms with Crippen molar-refractivity contribution in [3.63, 3.8) is 0 Å². The van der Waals surface area contributed by atoms with Gasteiger partial charge in [0.1, 0.15) is 36.9 Å². The minimum Gasteiger partial charge on any atom is -0.481 e. The number of ketones is 1. The molecule has 3 aliphatic carbocycles. The van der Waals surface area contributed by atoms with Crippen molar-refractivity contribution in [1.29, 1.82) is 0 Å². The van der Waals surface area contributed by atoms with Gasteiger partial charge in [-0.15, -0.1) is 0 Å². The molecular weight excluding hydrogens is 941 g/mol. The lowest BCUT2D eigenvalue weighted by Gasteiger charge is -2.28. The quantitative estimate of drug-likeness (QED) is 0.0475. The highest BCUT2D eigenvalue weighted by molar-refractivity contribution is 5.95. The highest BCUT2D eigenvalue weighted by Crippen LogP contribution is 2.34. The van der Waals surface area contributed by atoms with Crippen LogP contribution in [0, 0.1) is 17.8 Å². The molecule has 0 unspecified atom stereocenters. The summed E-state index contributed by atoms with van der Waals surface area (Å²) in [6, 6.07) is 24.5. The van der Waals surface area contributed by atoms with Gasteiger partial charge in [-0.05, 0) is 120 Å². The molecule has 0 amide bonds. The van der Waals surface area contributed by atoms with Gasteiger partial charge in [-0.25, -0.2) is 9.59 Å². The molecule has 5 aromatic rings. The number of hydrogen-bond acceptors (Lipinski definition) is 15. The third kappa shape index (κ3) is 18.9. The number of carbonyl (C=O) groups excluding carboxylic acids is 5. The van der Waals surface area contributed by atoms with Crippen molar-refractivity contribution in [1.82, 2.24) is 29.8 Å². The molecule has 0 saturated heterocycles. The van der Waals surface area contributed by atoms with Crippen LogP contribution in [0.25, 0.3) is 0 Å². The minimum absolute atomic E-state index is 0. The number of benzene rings is 2. The van der Waals surface area contributed by atoms with Gasteiger partial charge in [0.05, 0.1) is 49.2 Å². The summed E-state index contributed by atoms with van der Waals surface area (Å²) in [5.74, 6) is -2.19. The summed E-state index contributed by atoms with van der Waals surface area (Å²) < 4.78 is 28.8. The van der Waals surface area contributed by atoms with Gasteiger partial charge in [-0.1, -0.05) is 68.1 Å². The molecule has 19 nitrogen and oxygen atoms in total. The number of H-pyrrole nitrogens is 1. The molecule has 3 N–H and O–H groups in total. The van der Waals surface area contributed by atoms with E-state index >= 15 is 0 Å². The number of aliphatic hydroxyl groups excluding tert-OH is 1. The first-order chi connectivity index (χ1) is 34.9. The fourth-order valence-electron chi connectivity index (χ4n) is 8.69. The van der Waals surface area contributed by atoms with Gasteiger partial charge < -0.3 is 33.9 Å². The monoisotopic (exact) mass is 1010 g/mol. The Morgan fingerprint density at radius 3 is 1.38 bits per heavy atom. The molecule has 3 fully saturated rings. The predicted molar refractivity (Wildman–Crippen MR) is 268 cm³/mol. The number of aromatic amines is 1. The fraction of sp³-hybridized carbons (Fsp3) is 0.500. The summed E-state index contributed by atoms with van der Waals surface area (Å²) in [6.07, 6.45) is 13.2. The number of carbonyl (C=O) groups is 6. The number of aliphatic hydroxyl groups is 1. The third-order valence-corrected chi connectivity index (χ3v) is 12.6. The highest BCUT2D eigenvalue weighted by Gasteiger charge is 2.32. The van der Waals surface area contributed by atoms with E-state index < -0.39 is 5.97 Å². The van der Waals surface area contributed by atoms with E-state index in [1.807, 2.05) is 60.7 Å². The zero-order valence-electron chi connectivity index (χ0n) is 41.3. The average Bonchev–Trinajstić information content (AvgIpc) is 4.24. The molecule has 3 aliphatic rings. The molecule has 8 rings (SSSR count). The van der Waals surface area contributed by atoms with Gasteiger partial charge in [-0.2, -0.15) is 15.3 Å². The van der Waals surface area contributed by atoms with E-state index in [2.05, 4.69) is 25.1 Å². The molecule has 396 valence electrons. The number of hydrogen-bond donors (Lipinski definition) is 3. The van der Waals surface area contributed by atoms with Crippen LogP contribution < -0.4 is 0 Å². The Hall–Kier alpha value is -6.99. The van der Waals surface area contributed by atoms with Gasteiger partial charge >= 0.3 is 29.8 Å². The summed E-state index contributed by atoms with van der Waals surface area (Å²) in [4.78, 5) is 69.7. The van der Waals surface area contributed by atoms with Crippen molar-refractivity contribution >= 4 is 35.6 Å². The lowest BCUT2D eigenvalue weighted by molar-refractivity contribution is -0.152. The third-order valence-electron chi connectivity index (χ3n) is 12.6. The molecule has 73 heavy (non-hydrogen) atoms. The molecule has 0 aliphatic heterocycles. The number of carboxylic acid groups (broad SMARTS) is 1. The molecule has 0 radical (unpaired) electrons. The Kier molecular flexibility index (Phi) is 25.2. The van der Waals surface area contributed by atoms with Crippen molar-refractivity contribution in [2.24, 2.45) is 17.8 Å². The van der Waals surface area contributed by atoms with Crippen molar-refractivity contribution in [3.05, 3.63) is 126 Å². The number of Topliss-reactive ketones (excluding diaryl/α,β-unsaturated/α-hetero) is 1. The Labute approximate surface area is 426 Å². The first-order valence-electron chi connectivity index (χ1n) is 24.7. The normalized spacial score (nSPS) is 20.0. The van der Waals surface area contributed by atoms with Gasteiger partial charge in [-0.3, -0.25) is 33.6 Å². The van der Waals surface area contributed by atoms with E-state index in [1.165, 1.54) is 13.3 Å². The van der Waals surface area contributed by atoms with Crippen LogP contribution in [0.1, 0.15) is 153 Å². The van der Waals surface area contributed by atoms with E-state index in [4.69, 9.17) is 24.1 Å². The summed E-state index contributed by atoms with van der Waals surface area (Å²) in [5.41, 5.74) is 3.41. The Morgan fingerprint density at radius 2 is 1.00 bits per heavy atom. The number of rotatable bonds is 16. The molecule has 19 heteroatoms. The molecule has 3 aromatic heterocycles. The number of nitrogens with one attached hydrogen (secondary N) is 1. The van der Waals surface area contributed by atoms with E-state index in [0.717, 1.165) is 62.5 Å². The first-order valence-corrected chi connectivity index (χ1v) is 24.7. The molecule has 2 aromatic carbocycles. The number of ether oxygens (including phenoxy) is 5. The second-order valence-corrected chi connectivity index (χ2v) is 17.6. The van der Waals surface area contributed by atoms with Crippen LogP contribution in [0.15, 0.2) is 97.5 Å². The maximum absolute atomic E-state index is 12.3. The maximum Gasteiger partial charge on any atom is 0.356 e. The van der Waals surface area contributed by atoms with Crippen molar-refractivity contribution < 1.29 is 62.7 Å².